The first-order chi connectivity index (χ1) is 4.42. The largest absolute Gasteiger partial charge is 0.393 e. The molecule has 0 rings (SSSR count). The Morgan fingerprint density at radius 3 is 2.10 bits per heavy atom. The van der Waals surface area contributed by atoms with Gasteiger partial charge in [-0.3, -0.25) is 0 Å². The lowest BCUT2D eigenvalue weighted by molar-refractivity contribution is 0.0902. The van der Waals surface area contributed by atoms with E-state index in [9.17, 15) is 5.11 Å². The second kappa shape index (κ2) is 3.20. The molecule has 0 amide bonds. The van der Waals surface area contributed by atoms with Crippen LogP contribution < -0.4 is 0 Å². The van der Waals surface area contributed by atoms with Gasteiger partial charge in [0.1, 0.15) is 0 Å². The van der Waals surface area contributed by atoms with Gasteiger partial charge in [0.15, 0.2) is 0 Å². The lowest BCUT2D eigenvalue weighted by Crippen LogP contribution is -2.27. The lowest BCUT2D eigenvalue weighted by atomic mass is 9.79. The molecule has 0 aromatic rings. The van der Waals surface area contributed by atoms with E-state index >= 15 is 0 Å². The van der Waals surface area contributed by atoms with Gasteiger partial charge in [-0.2, -0.15) is 0 Å². The third-order valence-corrected chi connectivity index (χ3v) is 2.38. The third-order valence-electron chi connectivity index (χ3n) is 2.38. The van der Waals surface area contributed by atoms with Crippen LogP contribution in [-0.2, 0) is 0 Å². The minimum absolute atomic E-state index is 0.130. The van der Waals surface area contributed by atoms with Gasteiger partial charge >= 0.3 is 0 Å². The van der Waals surface area contributed by atoms with Crippen LogP contribution in [0.25, 0.3) is 0 Å². The van der Waals surface area contributed by atoms with Gasteiger partial charge in [-0.1, -0.05) is 32.9 Å². The smallest absolute Gasteiger partial charge is 0.0599 e. The van der Waals surface area contributed by atoms with Gasteiger partial charge < -0.3 is 5.11 Å². The number of rotatable bonds is 3. The second-order valence-electron chi connectivity index (χ2n) is 3.35. The van der Waals surface area contributed by atoms with Crippen molar-refractivity contribution in [1.29, 1.82) is 0 Å². The van der Waals surface area contributed by atoms with Gasteiger partial charge in [0.25, 0.3) is 0 Å². The number of hydrogen-bond donors (Lipinski definition) is 1. The van der Waals surface area contributed by atoms with Crippen LogP contribution in [-0.4, -0.2) is 11.2 Å². The molecule has 60 valence electrons. The Balaban J connectivity index is 4.24. The van der Waals surface area contributed by atoms with Gasteiger partial charge in [-0.05, 0) is 13.3 Å². The van der Waals surface area contributed by atoms with Gasteiger partial charge in [-0.15, -0.1) is 0 Å². The summed E-state index contributed by atoms with van der Waals surface area (Å²) in [5.74, 6) is 0. The Morgan fingerprint density at radius 1 is 1.60 bits per heavy atom. The summed E-state index contributed by atoms with van der Waals surface area (Å²) in [6.45, 7) is 11.8. The first-order valence-electron chi connectivity index (χ1n) is 3.79. The topological polar surface area (TPSA) is 20.2 Å². The molecule has 0 aliphatic heterocycles. The molecule has 0 bridgehead atoms. The molecule has 0 aliphatic carbocycles. The van der Waals surface area contributed by atoms with Gasteiger partial charge in [0.05, 0.1) is 6.10 Å². The average molecular weight is 142 g/mol. The predicted molar refractivity (Wildman–Crippen MR) is 44.9 cm³/mol. The Morgan fingerprint density at radius 2 is 2.00 bits per heavy atom. The zero-order valence-corrected chi connectivity index (χ0v) is 7.44. The van der Waals surface area contributed by atoms with E-state index in [-0.39, 0.29) is 11.5 Å². The third kappa shape index (κ3) is 1.84. The molecule has 0 spiro atoms. The molecule has 1 N–H and O–H groups in total. The molecule has 1 nitrogen and oxygen atoms in total. The predicted octanol–water partition coefficient (Wildman–Crippen LogP) is 2.36. The Labute approximate surface area is 63.8 Å². The van der Waals surface area contributed by atoms with E-state index in [4.69, 9.17) is 0 Å². The molecule has 1 unspecified atom stereocenters. The number of hydrogen-bond acceptors (Lipinski definition) is 1. The zero-order chi connectivity index (χ0) is 8.36. The van der Waals surface area contributed by atoms with Crippen molar-refractivity contribution in [3.63, 3.8) is 0 Å². The van der Waals surface area contributed by atoms with Gasteiger partial charge in [-0.25, -0.2) is 0 Å². The summed E-state index contributed by atoms with van der Waals surface area (Å²) in [5.41, 5.74) is 0.983. The maximum absolute atomic E-state index is 9.32. The van der Waals surface area contributed by atoms with Crippen molar-refractivity contribution in [1.82, 2.24) is 0 Å². The van der Waals surface area contributed by atoms with Crippen LogP contribution in [0.2, 0.25) is 0 Å². The number of aliphatic hydroxyl groups excluding tert-OH is 1. The fourth-order valence-electron chi connectivity index (χ4n) is 0.751. The van der Waals surface area contributed by atoms with Crippen LogP contribution in [0.3, 0.4) is 0 Å². The summed E-state index contributed by atoms with van der Waals surface area (Å²) in [4.78, 5) is 0. The lowest BCUT2D eigenvalue weighted by Gasteiger charge is -2.29. The van der Waals surface area contributed by atoms with Crippen LogP contribution in [0.5, 0.6) is 0 Å². The molecule has 1 atom stereocenters. The van der Waals surface area contributed by atoms with Crippen molar-refractivity contribution in [3.8, 4) is 0 Å². The maximum Gasteiger partial charge on any atom is 0.0599 e. The average Bonchev–Trinajstić information content (AvgIpc) is 1.86. The van der Waals surface area contributed by atoms with Crippen molar-refractivity contribution in [2.75, 3.05) is 0 Å². The van der Waals surface area contributed by atoms with E-state index in [0.29, 0.717) is 0 Å². The molecule has 10 heavy (non-hydrogen) atoms. The fraction of sp³-hybridized carbons (Fsp3) is 0.778. The van der Waals surface area contributed by atoms with Gasteiger partial charge in [0.2, 0.25) is 0 Å². The summed E-state index contributed by atoms with van der Waals surface area (Å²) in [6.07, 6.45) is 0.637. The first-order valence-corrected chi connectivity index (χ1v) is 3.79. The Bertz CT molecular complexity index is 123. The molecular formula is C9H18O. The maximum atomic E-state index is 9.32. The molecular weight excluding hydrogens is 124 g/mol. The van der Waals surface area contributed by atoms with Crippen LogP contribution in [0.15, 0.2) is 12.2 Å². The summed E-state index contributed by atoms with van der Waals surface area (Å²) in [6, 6.07) is 0. The van der Waals surface area contributed by atoms with E-state index in [1.54, 1.807) is 6.92 Å². The van der Waals surface area contributed by atoms with Crippen LogP contribution in [0, 0.1) is 5.41 Å². The highest BCUT2D eigenvalue weighted by atomic mass is 16.3. The molecule has 0 aromatic carbocycles. The van der Waals surface area contributed by atoms with Crippen LogP contribution >= 0.6 is 0 Å². The molecule has 0 radical (unpaired) electrons. The van der Waals surface area contributed by atoms with E-state index in [2.05, 4.69) is 13.5 Å². The van der Waals surface area contributed by atoms with Crippen LogP contribution in [0.1, 0.15) is 34.1 Å². The van der Waals surface area contributed by atoms with Crippen molar-refractivity contribution >= 4 is 0 Å². The minimum Gasteiger partial charge on any atom is -0.393 e. The highest BCUT2D eigenvalue weighted by Crippen LogP contribution is 2.30. The first kappa shape index (κ1) is 9.70. The normalized spacial score (nSPS) is 14.9. The van der Waals surface area contributed by atoms with Crippen molar-refractivity contribution in [3.05, 3.63) is 12.2 Å². The monoisotopic (exact) mass is 142 g/mol. The minimum atomic E-state index is -0.306. The molecule has 1 heteroatoms. The van der Waals surface area contributed by atoms with E-state index < -0.39 is 0 Å². The quantitative estimate of drug-likeness (QED) is 0.600. The van der Waals surface area contributed by atoms with Gasteiger partial charge in [0, 0.05) is 5.41 Å². The highest BCUT2D eigenvalue weighted by Gasteiger charge is 2.25. The van der Waals surface area contributed by atoms with E-state index in [1.165, 1.54) is 0 Å². The Kier molecular flexibility index (Phi) is 3.10. The van der Waals surface area contributed by atoms with Crippen LogP contribution in [0.4, 0.5) is 0 Å². The van der Waals surface area contributed by atoms with Crippen molar-refractivity contribution in [2.24, 2.45) is 5.41 Å². The standard InChI is InChI=1S/C9H18O/c1-6-7(2)9(4,5)8(3)10/h8,10H,2,6H2,1,3-5H3. The zero-order valence-electron chi connectivity index (χ0n) is 7.44. The second-order valence-corrected chi connectivity index (χ2v) is 3.35. The molecule has 0 aliphatic rings. The number of aliphatic hydroxyl groups is 1. The Hall–Kier alpha value is -0.300. The highest BCUT2D eigenvalue weighted by molar-refractivity contribution is 5.08. The summed E-state index contributed by atoms with van der Waals surface area (Å²) < 4.78 is 0. The van der Waals surface area contributed by atoms with E-state index in [0.717, 1.165) is 12.0 Å². The fourth-order valence-corrected chi connectivity index (χ4v) is 0.751. The van der Waals surface area contributed by atoms with E-state index in [1.807, 2.05) is 13.8 Å². The molecule has 0 fully saturated rings. The van der Waals surface area contributed by atoms with Crippen molar-refractivity contribution < 1.29 is 5.11 Å². The van der Waals surface area contributed by atoms with Crippen molar-refractivity contribution in [2.45, 2.75) is 40.2 Å². The summed E-state index contributed by atoms with van der Waals surface area (Å²) in [5, 5.41) is 9.32. The summed E-state index contributed by atoms with van der Waals surface area (Å²) >= 11 is 0. The molecule has 0 heterocycles. The molecule has 0 aromatic heterocycles. The SMILES string of the molecule is C=C(CC)C(C)(C)C(C)O. The molecule has 0 saturated carbocycles. The molecule has 0 saturated heterocycles. The summed E-state index contributed by atoms with van der Waals surface area (Å²) in [7, 11) is 0.